The number of carbonyl (C=O) groups excluding carboxylic acids is 3. The number of para-hydroxylation sites is 1. The molecule has 0 bridgehead atoms. The summed E-state index contributed by atoms with van der Waals surface area (Å²) >= 11 is 0. The predicted octanol–water partition coefficient (Wildman–Crippen LogP) is 2.97. The maximum Gasteiger partial charge on any atom is 0.341 e. The van der Waals surface area contributed by atoms with E-state index in [0.717, 1.165) is 12.1 Å². The lowest BCUT2D eigenvalue weighted by Gasteiger charge is -2.14. The summed E-state index contributed by atoms with van der Waals surface area (Å²) < 4.78 is 18.8. The SMILES string of the molecule is CC(=O)Nc1ccc(F)c(C(=O)OC(C)C(=O)Nc2ccccc2)c1. The fourth-order valence-corrected chi connectivity index (χ4v) is 2.01. The van der Waals surface area contributed by atoms with Crippen LogP contribution in [-0.2, 0) is 14.3 Å². The molecule has 0 aromatic heterocycles. The molecule has 6 nitrogen and oxygen atoms in total. The van der Waals surface area contributed by atoms with Crippen LogP contribution in [0.5, 0.6) is 0 Å². The lowest BCUT2D eigenvalue weighted by Crippen LogP contribution is -2.30. The van der Waals surface area contributed by atoms with Crippen LogP contribution in [-0.4, -0.2) is 23.9 Å². The summed E-state index contributed by atoms with van der Waals surface area (Å²) in [6.45, 7) is 2.67. The standard InChI is InChI=1S/C18H17FN2O4/c1-11(17(23)21-13-6-4-3-5-7-13)25-18(24)15-10-14(20-12(2)22)8-9-16(15)19/h3-11H,1-2H3,(H,20,22)(H,21,23). The number of ether oxygens (including phenoxy) is 1. The van der Waals surface area contributed by atoms with Gasteiger partial charge >= 0.3 is 5.97 Å². The molecular weight excluding hydrogens is 327 g/mol. The van der Waals surface area contributed by atoms with Gasteiger partial charge < -0.3 is 15.4 Å². The molecule has 1 atom stereocenters. The zero-order valence-corrected chi connectivity index (χ0v) is 13.7. The molecule has 0 saturated heterocycles. The molecule has 2 N–H and O–H groups in total. The van der Waals surface area contributed by atoms with E-state index in [0.29, 0.717) is 5.69 Å². The summed E-state index contributed by atoms with van der Waals surface area (Å²) in [6, 6.07) is 12.2. The molecule has 0 aliphatic carbocycles. The quantitative estimate of drug-likeness (QED) is 0.817. The highest BCUT2D eigenvalue weighted by atomic mass is 19.1. The highest BCUT2D eigenvalue weighted by Gasteiger charge is 2.21. The third-order valence-electron chi connectivity index (χ3n) is 3.20. The monoisotopic (exact) mass is 344 g/mol. The number of rotatable bonds is 5. The van der Waals surface area contributed by atoms with Gasteiger partial charge in [0.2, 0.25) is 5.91 Å². The molecule has 0 aliphatic rings. The first-order chi connectivity index (χ1) is 11.9. The Morgan fingerprint density at radius 3 is 2.32 bits per heavy atom. The summed E-state index contributed by atoms with van der Waals surface area (Å²) in [5.74, 6) is -2.71. The lowest BCUT2D eigenvalue weighted by atomic mass is 10.2. The van der Waals surface area contributed by atoms with Crippen molar-refractivity contribution in [2.24, 2.45) is 0 Å². The number of benzene rings is 2. The summed E-state index contributed by atoms with van der Waals surface area (Å²) in [7, 11) is 0. The molecule has 2 amide bonds. The van der Waals surface area contributed by atoms with Crippen molar-refractivity contribution in [3.8, 4) is 0 Å². The number of nitrogens with one attached hydrogen (secondary N) is 2. The smallest absolute Gasteiger partial charge is 0.341 e. The molecule has 2 aromatic rings. The van der Waals surface area contributed by atoms with Crippen LogP contribution >= 0.6 is 0 Å². The molecule has 0 saturated carbocycles. The molecule has 25 heavy (non-hydrogen) atoms. The van der Waals surface area contributed by atoms with Gasteiger partial charge in [0.05, 0.1) is 5.56 Å². The highest BCUT2D eigenvalue weighted by Crippen LogP contribution is 2.17. The van der Waals surface area contributed by atoms with E-state index in [4.69, 9.17) is 4.74 Å². The van der Waals surface area contributed by atoms with Crippen LogP contribution in [0.4, 0.5) is 15.8 Å². The molecule has 1 unspecified atom stereocenters. The summed E-state index contributed by atoms with van der Waals surface area (Å²) in [5.41, 5.74) is 0.432. The molecule has 7 heteroatoms. The maximum atomic E-state index is 13.8. The van der Waals surface area contributed by atoms with Gasteiger partial charge in [-0.25, -0.2) is 9.18 Å². The van der Waals surface area contributed by atoms with Crippen molar-refractivity contribution in [3.63, 3.8) is 0 Å². The molecular formula is C18H17FN2O4. The first-order valence-corrected chi connectivity index (χ1v) is 7.51. The molecule has 130 valence electrons. The van der Waals surface area contributed by atoms with Crippen LogP contribution in [0.3, 0.4) is 0 Å². The van der Waals surface area contributed by atoms with Gasteiger partial charge in [-0.3, -0.25) is 9.59 Å². The van der Waals surface area contributed by atoms with Crippen molar-refractivity contribution in [2.45, 2.75) is 20.0 Å². The fraction of sp³-hybridized carbons (Fsp3) is 0.167. The number of amides is 2. The molecule has 0 aliphatic heterocycles. The molecule has 0 fully saturated rings. The van der Waals surface area contributed by atoms with Crippen molar-refractivity contribution in [3.05, 3.63) is 59.9 Å². The predicted molar refractivity (Wildman–Crippen MR) is 90.7 cm³/mol. The molecule has 0 radical (unpaired) electrons. The first-order valence-electron chi connectivity index (χ1n) is 7.51. The van der Waals surface area contributed by atoms with E-state index in [2.05, 4.69) is 10.6 Å². The zero-order valence-electron chi connectivity index (χ0n) is 13.7. The Kier molecular flexibility index (Phi) is 5.84. The van der Waals surface area contributed by atoms with Gasteiger partial charge in [-0.05, 0) is 37.3 Å². The van der Waals surface area contributed by atoms with Crippen LogP contribution < -0.4 is 10.6 Å². The van der Waals surface area contributed by atoms with E-state index >= 15 is 0 Å². The second kappa shape index (κ2) is 8.05. The Labute approximate surface area is 144 Å². The molecule has 2 rings (SSSR count). The van der Waals surface area contributed by atoms with Gasteiger partial charge in [0, 0.05) is 18.3 Å². The van der Waals surface area contributed by atoms with E-state index in [1.54, 1.807) is 30.3 Å². The summed E-state index contributed by atoms with van der Waals surface area (Å²) in [4.78, 5) is 35.2. The number of hydrogen-bond acceptors (Lipinski definition) is 4. The third kappa shape index (κ3) is 5.13. The fourth-order valence-electron chi connectivity index (χ4n) is 2.01. The van der Waals surface area contributed by atoms with Gasteiger partial charge in [0.1, 0.15) is 5.82 Å². The van der Waals surface area contributed by atoms with Gasteiger partial charge in [0.25, 0.3) is 5.91 Å². The Bertz CT molecular complexity index is 793. The van der Waals surface area contributed by atoms with Crippen molar-refractivity contribution >= 4 is 29.2 Å². The average molecular weight is 344 g/mol. The second-order valence-corrected chi connectivity index (χ2v) is 5.28. The number of carbonyl (C=O) groups is 3. The van der Waals surface area contributed by atoms with E-state index in [1.807, 2.05) is 0 Å². The van der Waals surface area contributed by atoms with Crippen LogP contribution in [0.1, 0.15) is 24.2 Å². The minimum atomic E-state index is -1.13. The van der Waals surface area contributed by atoms with Crippen LogP contribution in [0.15, 0.2) is 48.5 Å². The van der Waals surface area contributed by atoms with E-state index < -0.39 is 23.8 Å². The van der Waals surface area contributed by atoms with Crippen molar-refractivity contribution in [2.75, 3.05) is 10.6 Å². The summed E-state index contributed by atoms with van der Waals surface area (Å²) in [6.07, 6.45) is -1.13. The van der Waals surface area contributed by atoms with Crippen LogP contribution in [0, 0.1) is 5.82 Å². The maximum absolute atomic E-state index is 13.8. The number of anilines is 2. The Balaban J connectivity index is 2.05. The molecule has 0 heterocycles. The average Bonchev–Trinajstić information content (AvgIpc) is 2.56. The van der Waals surface area contributed by atoms with Gasteiger partial charge in [0.15, 0.2) is 6.10 Å². The Morgan fingerprint density at radius 2 is 1.68 bits per heavy atom. The minimum absolute atomic E-state index is 0.252. The highest BCUT2D eigenvalue weighted by molar-refractivity contribution is 5.98. The first kappa shape index (κ1) is 18.1. The number of halogens is 1. The van der Waals surface area contributed by atoms with Crippen molar-refractivity contribution < 1.29 is 23.5 Å². The minimum Gasteiger partial charge on any atom is -0.449 e. The van der Waals surface area contributed by atoms with Gasteiger partial charge in [-0.2, -0.15) is 0 Å². The van der Waals surface area contributed by atoms with Gasteiger partial charge in [-0.15, -0.1) is 0 Å². The lowest BCUT2D eigenvalue weighted by molar-refractivity contribution is -0.123. The topological polar surface area (TPSA) is 84.5 Å². The number of hydrogen-bond donors (Lipinski definition) is 2. The summed E-state index contributed by atoms with van der Waals surface area (Å²) in [5, 5.41) is 5.03. The second-order valence-electron chi connectivity index (χ2n) is 5.28. The number of esters is 1. The molecule has 2 aromatic carbocycles. The van der Waals surface area contributed by atoms with Crippen LogP contribution in [0.2, 0.25) is 0 Å². The van der Waals surface area contributed by atoms with E-state index in [1.165, 1.54) is 19.9 Å². The third-order valence-corrected chi connectivity index (χ3v) is 3.20. The normalized spacial score (nSPS) is 11.3. The molecule has 0 spiro atoms. The van der Waals surface area contributed by atoms with E-state index in [9.17, 15) is 18.8 Å². The Hall–Kier alpha value is -3.22. The van der Waals surface area contributed by atoms with Crippen LogP contribution in [0.25, 0.3) is 0 Å². The zero-order chi connectivity index (χ0) is 18.4. The van der Waals surface area contributed by atoms with Crippen molar-refractivity contribution in [1.82, 2.24) is 0 Å². The van der Waals surface area contributed by atoms with E-state index in [-0.39, 0.29) is 17.2 Å². The Morgan fingerprint density at radius 1 is 1.00 bits per heavy atom. The van der Waals surface area contributed by atoms with Gasteiger partial charge in [-0.1, -0.05) is 18.2 Å². The van der Waals surface area contributed by atoms with Crippen molar-refractivity contribution in [1.29, 1.82) is 0 Å². The largest absolute Gasteiger partial charge is 0.449 e.